The molecule has 0 aliphatic heterocycles. The van der Waals surface area contributed by atoms with Crippen LogP contribution in [0.3, 0.4) is 0 Å². The van der Waals surface area contributed by atoms with Crippen LogP contribution in [-0.4, -0.2) is 34.6 Å². The fourth-order valence-electron chi connectivity index (χ4n) is 3.17. The number of aryl methyl sites for hydroxylation is 1. The fourth-order valence-corrected chi connectivity index (χ4v) is 4.31. The molecular formula is C25H33BrN2O2S. The molecule has 0 saturated heterocycles. The summed E-state index contributed by atoms with van der Waals surface area (Å²) in [6, 6.07) is 15.9. The minimum absolute atomic E-state index is 0.00571. The number of carbonyl (C=O) groups is 2. The molecule has 0 aliphatic carbocycles. The number of rotatable bonds is 11. The Balaban J connectivity index is 2.12. The lowest BCUT2D eigenvalue weighted by atomic mass is 10.1. The molecule has 168 valence electrons. The molecular weight excluding hydrogens is 472 g/mol. The topological polar surface area (TPSA) is 49.4 Å². The summed E-state index contributed by atoms with van der Waals surface area (Å²) < 4.78 is 1.04. The van der Waals surface area contributed by atoms with E-state index in [2.05, 4.69) is 33.4 Å². The zero-order valence-electron chi connectivity index (χ0n) is 18.9. The third kappa shape index (κ3) is 8.34. The molecule has 0 aliphatic rings. The van der Waals surface area contributed by atoms with Gasteiger partial charge in [-0.1, -0.05) is 71.7 Å². The summed E-state index contributed by atoms with van der Waals surface area (Å²) in [7, 11) is 0. The van der Waals surface area contributed by atoms with Crippen molar-refractivity contribution in [3.05, 3.63) is 69.7 Å². The standard InChI is InChI=1S/C25H33BrN2O2S/c1-5-19(4)27-25(30)23(6-2)28(15-20-9-7-18(3)8-10-20)24(29)17-31-16-21-11-13-22(26)14-12-21/h7-14,19,23H,5-6,15-17H2,1-4H3,(H,27,30)/t19-,23-/m1/s1. The van der Waals surface area contributed by atoms with E-state index in [9.17, 15) is 9.59 Å². The Bertz CT molecular complexity index is 840. The van der Waals surface area contributed by atoms with Gasteiger partial charge in [-0.05, 0) is 49.9 Å². The number of hydrogen-bond acceptors (Lipinski definition) is 3. The monoisotopic (exact) mass is 504 g/mol. The van der Waals surface area contributed by atoms with E-state index in [1.165, 1.54) is 11.1 Å². The molecule has 2 aromatic carbocycles. The minimum atomic E-state index is -0.476. The average Bonchev–Trinajstić information content (AvgIpc) is 2.76. The molecule has 4 nitrogen and oxygen atoms in total. The van der Waals surface area contributed by atoms with Gasteiger partial charge in [0.05, 0.1) is 5.75 Å². The summed E-state index contributed by atoms with van der Waals surface area (Å²) >= 11 is 5.03. The van der Waals surface area contributed by atoms with Crippen molar-refractivity contribution in [2.45, 2.75) is 64.9 Å². The molecule has 2 amide bonds. The lowest BCUT2D eigenvalue weighted by molar-refractivity contribution is -0.139. The van der Waals surface area contributed by atoms with Crippen LogP contribution in [0.2, 0.25) is 0 Å². The van der Waals surface area contributed by atoms with Gasteiger partial charge in [0.15, 0.2) is 0 Å². The molecule has 0 spiro atoms. The Morgan fingerprint density at radius 3 is 2.19 bits per heavy atom. The first-order valence-corrected chi connectivity index (χ1v) is 12.8. The molecule has 2 atom stereocenters. The van der Waals surface area contributed by atoms with Crippen molar-refractivity contribution in [1.29, 1.82) is 0 Å². The molecule has 0 radical (unpaired) electrons. The second-order valence-corrected chi connectivity index (χ2v) is 9.77. The molecule has 0 unspecified atom stereocenters. The van der Waals surface area contributed by atoms with Crippen molar-refractivity contribution in [3.8, 4) is 0 Å². The van der Waals surface area contributed by atoms with Crippen LogP contribution in [0, 0.1) is 6.92 Å². The summed E-state index contributed by atoms with van der Waals surface area (Å²) in [5.74, 6) is 1.02. The number of nitrogens with one attached hydrogen (secondary N) is 1. The van der Waals surface area contributed by atoms with Crippen LogP contribution in [0.25, 0.3) is 0 Å². The maximum Gasteiger partial charge on any atom is 0.243 e. The summed E-state index contributed by atoms with van der Waals surface area (Å²) in [6.07, 6.45) is 1.44. The second-order valence-electron chi connectivity index (χ2n) is 7.87. The highest BCUT2D eigenvalue weighted by Crippen LogP contribution is 2.19. The van der Waals surface area contributed by atoms with Gasteiger partial charge < -0.3 is 10.2 Å². The van der Waals surface area contributed by atoms with E-state index >= 15 is 0 Å². The number of amides is 2. The first kappa shape index (κ1) is 25.5. The number of benzene rings is 2. The lowest BCUT2D eigenvalue weighted by Crippen LogP contribution is -2.51. The number of nitrogens with zero attached hydrogens (tertiary/aromatic N) is 1. The third-order valence-corrected chi connectivity index (χ3v) is 6.79. The molecule has 0 saturated carbocycles. The molecule has 0 fully saturated rings. The van der Waals surface area contributed by atoms with Crippen LogP contribution in [0.15, 0.2) is 53.0 Å². The number of thioether (sulfide) groups is 1. The van der Waals surface area contributed by atoms with Crippen LogP contribution in [0.1, 0.15) is 50.3 Å². The van der Waals surface area contributed by atoms with E-state index in [1.54, 1.807) is 16.7 Å². The van der Waals surface area contributed by atoms with Gasteiger partial charge in [0, 0.05) is 22.8 Å². The maximum atomic E-state index is 13.2. The van der Waals surface area contributed by atoms with Gasteiger partial charge in [-0.15, -0.1) is 11.8 Å². The number of halogens is 1. The van der Waals surface area contributed by atoms with Crippen molar-refractivity contribution in [1.82, 2.24) is 10.2 Å². The highest BCUT2D eigenvalue weighted by Gasteiger charge is 2.29. The van der Waals surface area contributed by atoms with Gasteiger partial charge in [0.2, 0.25) is 11.8 Å². The van der Waals surface area contributed by atoms with E-state index in [0.29, 0.717) is 18.7 Å². The van der Waals surface area contributed by atoms with Crippen LogP contribution < -0.4 is 5.32 Å². The van der Waals surface area contributed by atoms with E-state index in [1.807, 2.05) is 64.1 Å². The van der Waals surface area contributed by atoms with E-state index in [-0.39, 0.29) is 17.9 Å². The zero-order chi connectivity index (χ0) is 22.8. The van der Waals surface area contributed by atoms with Crippen molar-refractivity contribution in [3.63, 3.8) is 0 Å². The Labute approximate surface area is 199 Å². The van der Waals surface area contributed by atoms with Crippen molar-refractivity contribution in [2.24, 2.45) is 0 Å². The van der Waals surface area contributed by atoms with Gasteiger partial charge in [0.25, 0.3) is 0 Å². The van der Waals surface area contributed by atoms with Crippen molar-refractivity contribution < 1.29 is 9.59 Å². The fraction of sp³-hybridized carbons (Fsp3) is 0.440. The summed E-state index contributed by atoms with van der Waals surface area (Å²) in [5, 5.41) is 3.05. The highest BCUT2D eigenvalue weighted by atomic mass is 79.9. The van der Waals surface area contributed by atoms with E-state index in [4.69, 9.17) is 0 Å². The summed E-state index contributed by atoms with van der Waals surface area (Å²) in [4.78, 5) is 27.9. The molecule has 0 bridgehead atoms. The van der Waals surface area contributed by atoms with Gasteiger partial charge in [-0.25, -0.2) is 0 Å². The van der Waals surface area contributed by atoms with E-state index in [0.717, 1.165) is 22.2 Å². The Hall–Kier alpha value is -1.79. The molecule has 0 aromatic heterocycles. The first-order chi connectivity index (χ1) is 14.8. The molecule has 6 heteroatoms. The Morgan fingerprint density at radius 1 is 1.00 bits per heavy atom. The molecule has 31 heavy (non-hydrogen) atoms. The second kappa shape index (κ2) is 12.9. The van der Waals surface area contributed by atoms with Crippen LogP contribution in [0.5, 0.6) is 0 Å². The Morgan fingerprint density at radius 2 is 1.61 bits per heavy atom. The number of hydrogen-bond donors (Lipinski definition) is 1. The van der Waals surface area contributed by atoms with Crippen LogP contribution in [-0.2, 0) is 21.9 Å². The number of carbonyl (C=O) groups excluding carboxylic acids is 2. The molecule has 2 aromatic rings. The van der Waals surface area contributed by atoms with Crippen LogP contribution in [0.4, 0.5) is 0 Å². The third-order valence-electron chi connectivity index (χ3n) is 5.27. The largest absolute Gasteiger partial charge is 0.352 e. The van der Waals surface area contributed by atoms with Gasteiger partial charge in [-0.3, -0.25) is 9.59 Å². The SMILES string of the molecule is CC[C@@H](C)NC(=O)[C@@H](CC)N(Cc1ccc(C)cc1)C(=O)CSCc1ccc(Br)cc1. The average molecular weight is 506 g/mol. The Kier molecular flexibility index (Phi) is 10.6. The maximum absolute atomic E-state index is 13.2. The predicted molar refractivity (Wildman–Crippen MR) is 134 cm³/mol. The van der Waals surface area contributed by atoms with E-state index < -0.39 is 6.04 Å². The minimum Gasteiger partial charge on any atom is -0.352 e. The van der Waals surface area contributed by atoms with Gasteiger partial charge in [-0.2, -0.15) is 0 Å². The van der Waals surface area contributed by atoms with Gasteiger partial charge >= 0.3 is 0 Å². The summed E-state index contributed by atoms with van der Waals surface area (Å²) in [6.45, 7) is 8.47. The normalized spacial score (nSPS) is 12.8. The van der Waals surface area contributed by atoms with Gasteiger partial charge in [0.1, 0.15) is 6.04 Å². The molecule has 2 rings (SSSR count). The first-order valence-electron chi connectivity index (χ1n) is 10.8. The smallest absolute Gasteiger partial charge is 0.243 e. The highest BCUT2D eigenvalue weighted by molar-refractivity contribution is 9.10. The summed E-state index contributed by atoms with van der Waals surface area (Å²) in [5.41, 5.74) is 3.38. The molecule has 0 heterocycles. The molecule has 1 N–H and O–H groups in total. The predicted octanol–water partition coefficient (Wildman–Crippen LogP) is 5.71. The van der Waals surface area contributed by atoms with Crippen molar-refractivity contribution in [2.75, 3.05) is 5.75 Å². The zero-order valence-corrected chi connectivity index (χ0v) is 21.3. The quantitative estimate of drug-likeness (QED) is 0.426. The van der Waals surface area contributed by atoms with Crippen molar-refractivity contribution >= 4 is 39.5 Å². The lowest BCUT2D eigenvalue weighted by Gasteiger charge is -2.31. The van der Waals surface area contributed by atoms with Crippen LogP contribution >= 0.6 is 27.7 Å².